The predicted octanol–water partition coefficient (Wildman–Crippen LogP) is 4.22. The molecular weight excluding hydrogens is 312 g/mol. The minimum atomic E-state index is -0.435. The third-order valence-electron chi connectivity index (χ3n) is 3.59. The highest BCUT2D eigenvalue weighted by molar-refractivity contribution is 6.30. The van der Waals surface area contributed by atoms with Crippen molar-refractivity contribution in [1.29, 1.82) is 0 Å². The summed E-state index contributed by atoms with van der Waals surface area (Å²) in [5.41, 5.74) is 0.735. The van der Waals surface area contributed by atoms with E-state index in [0.717, 1.165) is 43.9 Å². The van der Waals surface area contributed by atoms with E-state index in [1.807, 2.05) is 43.9 Å². The van der Waals surface area contributed by atoms with E-state index in [0.29, 0.717) is 6.04 Å². The van der Waals surface area contributed by atoms with Crippen molar-refractivity contribution in [2.24, 2.45) is 0 Å². The van der Waals surface area contributed by atoms with Crippen LogP contribution in [0.2, 0.25) is 5.02 Å². The zero-order valence-corrected chi connectivity index (χ0v) is 15.0. The summed E-state index contributed by atoms with van der Waals surface area (Å²) < 4.78 is 5.49. The maximum absolute atomic E-state index is 12.2. The average Bonchev–Trinajstić information content (AvgIpc) is 3.25. The van der Waals surface area contributed by atoms with Crippen LogP contribution in [0.4, 0.5) is 4.79 Å². The molecule has 0 atom stereocenters. The van der Waals surface area contributed by atoms with Crippen LogP contribution in [0.5, 0.6) is 0 Å². The van der Waals surface area contributed by atoms with Crippen molar-refractivity contribution in [3.63, 3.8) is 0 Å². The van der Waals surface area contributed by atoms with E-state index >= 15 is 0 Å². The molecule has 4 nitrogen and oxygen atoms in total. The Hall–Kier alpha value is -1.26. The van der Waals surface area contributed by atoms with Gasteiger partial charge >= 0.3 is 6.09 Å². The number of amides is 1. The topological polar surface area (TPSA) is 41.6 Å². The fourth-order valence-electron chi connectivity index (χ4n) is 2.38. The molecule has 1 aliphatic carbocycles. The largest absolute Gasteiger partial charge is 0.444 e. The van der Waals surface area contributed by atoms with Crippen LogP contribution < -0.4 is 5.32 Å². The highest BCUT2D eigenvalue weighted by Gasteiger charge is 2.34. The number of hydrogen-bond acceptors (Lipinski definition) is 3. The van der Waals surface area contributed by atoms with Gasteiger partial charge in [0.25, 0.3) is 0 Å². The molecule has 5 heteroatoms. The highest BCUT2D eigenvalue weighted by atomic mass is 35.5. The number of benzene rings is 1. The van der Waals surface area contributed by atoms with Crippen LogP contribution in [0.1, 0.15) is 45.6 Å². The van der Waals surface area contributed by atoms with E-state index in [-0.39, 0.29) is 6.09 Å². The van der Waals surface area contributed by atoms with E-state index in [1.165, 1.54) is 5.56 Å². The monoisotopic (exact) mass is 338 g/mol. The van der Waals surface area contributed by atoms with Gasteiger partial charge in [-0.15, -0.1) is 0 Å². The summed E-state index contributed by atoms with van der Waals surface area (Å²) in [6, 6.07) is 8.22. The minimum Gasteiger partial charge on any atom is -0.444 e. The van der Waals surface area contributed by atoms with Crippen molar-refractivity contribution in [2.75, 3.05) is 13.1 Å². The molecule has 0 spiro atoms. The van der Waals surface area contributed by atoms with Crippen molar-refractivity contribution in [3.8, 4) is 0 Å². The van der Waals surface area contributed by atoms with Gasteiger partial charge in [0.2, 0.25) is 0 Å². The quantitative estimate of drug-likeness (QED) is 0.757. The summed E-state index contributed by atoms with van der Waals surface area (Å²) in [6.45, 7) is 8.10. The number of hydrogen-bond donors (Lipinski definition) is 1. The van der Waals surface area contributed by atoms with E-state index in [1.54, 1.807) is 0 Å². The Kier molecular flexibility index (Phi) is 6.31. The lowest BCUT2D eigenvalue weighted by molar-refractivity contribution is 0.0232. The van der Waals surface area contributed by atoms with E-state index in [2.05, 4.69) is 11.4 Å². The molecule has 0 aromatic heterocycles. The van der Waals surface area contributed by atoms with Crippen LogP contribution in [0.3, 0.4) is 0 Å². The van der Waals surface area contributed by atoms with Gasteiger partial charge in [0, 0.05) is 24.2 Å². The van der Waals surface area contributed by atoms with Crippen LogP contribution in [-0.4, -0.2) is 35.7 Å². The summed E-state index contributed by atoms with van der Waals surface area (Å²) in [4.78, 5) is 14.1. The standard InChI is InChI=1S/C18H27ClN2O2/c1-18(2,3)23-17(22)21(16-8-9-16)11-5-10-20-13-14-6-4-7-15(19)12-14/h4,6-7,12,16,20H,5,8-11,13H2,1-3H3. The van der Waals surface area contributed by atoms with Gasteiger partial charge in [0.15, 0.2) is 0 Å². The Morgan fingerprint density at radius 3 is 2.74 bits per heavy atom. The SMILES string of the molecule is CC(C)(C)OC(=O)N(CCCNCc1cccc(Cl)c1)C1CC1. The second-order valence-corrected chi connectivity index (χ2v) is 7.50. The number of nitrogens with one attached hydrogen (secondary N) is 1. The first-order valence-corrected chi connectivity index (χ1v) is 8.68. The molecule has 1 saturated carbocycles. The molecule has 0 unspecified atom stereocenters. The van der Waals surface area contributed by atoms with Gasteiger partial charge in [-0.3, -0.25) is 0 Å². The molecule has 1 aliphatic rings. The fourth-order valence-corrected chi connectivity index (χ4v) is 2.60. The number of ether oxygens (including phenoxy) is 1. The van der Waals surface area contributed by atoms with E-state index in [4.69, 9.17) is 16.3 Å². The summed E-state index contributed by atoms with van der Waals surface area (Å²) in [7, 11) is 0. The van der Waals surface area contributed by atoms with E-state index in [9.17, 15) is 4.79 Å². The first-order valence-electron chi connectivity index (χ1n) is 8.30. The summed E-state index contributed by atoms with van der Waals surface area (Å²) >= 11 is 5.97. The zero-order valence-electron chi connectivity index (χ0n) is 14.3. The van der Waals surface area contributed by atoms with Crippen LogP contribution in [-0.2, 0) is 11.3 Å². The van der Waals surface area contributed by atoms with Gasteiger partial charge < -0.3 is 15.0 Å². The third-order valence-corrected chi connectivity index (χ3v) is 3.82. The second kappa shape index (κ2) is 8.02. The number of carbonyl (C=O) groups is 1. The molecule has 0 radical (unpaired) electrons. The van der Waals surface area contributed by atoms with Crippen LogP contribution in [0, 0.1) is 0 Å². The van der Waals surface area contributed by atoms with Crippen LogP contribution in [0.15, 0.2) is 24.3 Å². The smallest absolute Gasteiger partial charge is 0.410 e. The van der Waals surface area contributed by atoms with Gasteiger partial charge in [-0.1, -0.05) is 23.7 Å². The van der Waals surface area contributed by atoms with Gasteiger partial charge in [-0.25, -0.2) is 4.79 Å². The Balaban J connectivity index is 1.69. The van der Waals surface area contributed by atoms with Crippen molar-refractivity contribution in [2.45, 2.75) is 58.2 Å². The third kappa shape index (κ3) is 6.80. The molecule has 1 aromatic carbocycles. The van der Waals surface area contributed by atoms with Gasteiger partial charge in [-0.2, -0.15) is 0 Å². The normalized spacial score (nSPS) is 14.6. The molecule has 1 aromatic rings. The lowest BCUT2D eigenvalue weighted by Crippen LogP contribution is -2.39. The van der Waals surface area contributed by atoms with Gasteiger partial charge in [0.1, 0.15) is 5.60 Å². The molecule has 0 saturated heterocycles. The molecule has 0 heterocycles. The summed E-state index contributed by atoms with van der Waals surface area (Å²) in [5.74, 6) is 0. The first-order chi connectivity index (χ1) is 10.8. The van der Waals surface area contributed by atoms with Crippen molar-refractivity contribution < 1.29 is 9.53 Å². The number of nitrogens with zero attached hydrogens (tertiary/aromatic N) is 1. The maximum Gasteiger partial charge on any atom is 0.410 e. The molecule has 0 aliphatic heterocycles. The van der Waals surface area contributed by atoms with E-state index < -0.39 is 5.60 Å². The van der Waals surface area contributed by atoms with Gasteiger partial charge in [0.05, 0.1) is 0 Å². The molecule has 0 bridgehead atoms. The highest BCUT2D eigenvalue weighted by Crippen LogP contribution is 2.28. The van der Waals surface area contributed by atoms with Crippen molar-refractivity contribution in [3.05, 3.63) is 34.9 Å². The van der Waals surface area contributed by atoms with Gasteiger partial charge in [-0.05, 0) is 64.3 Å². The van der Waals surface area contributed by atoms with Crippen LogP contribution in [0.25, 0.3) is 0 Å². The maximum atomic E-state index is 12.2. The summed E-state index contributed by atoms with van der Waals surface area (Å²) in [5, 5.41) is 4.15. The number of rotatable bonds is 7. The molecule has 128 valence electrons. The summed E-state index contributed by atoms with van der Waals surface area (Å²) in [6.07, 6.45) is 2.91. The first kappa shape index (κ1) is 18.1. The Morgan fingerprint density at radius 1 is 1.39 bits per heavy atom. The minimum absolute atomic E-state index is 0.185. The number of halogens is 1. The zero-order chi connectivity index (χ0) is 16.9. The average molecular weight is 339 g/mol. The van der Waals surface area contributed by atoms with Crippen LogP contribution >= 0.6 is 11.6 Å². The molecule has 23 heavy (non-hydrogen) atoms. The predicted molar refractivity (Wildman–Crippen MR) is 93.7 cm³/mol. The number of carbonyl (C=O) groups excluding carboxylic acids is 1. The fraction of sp³-hybridized carbons (Fsp3) is 0.611. The molecule has 1 fully saturated rings. The molecular formula is C18H27ClN2O2. The molecule has 1 N–H and O–H groups in total. The lowest BCUT2D eigenvalue weighted by Gasteiger charge is -2.27. The Morgan fingerprint density at radius 2 is 2.13 bits per heavy atom. The Labute approximate surface area is 144 Å². The second-order valence-electron chi connectivity index (χ2n) is 7.07. The molecule has 1 amide bonds. The van der Waals surface area contributed by atoms with Crippen molar-refractivity contribution in [1.82, 2.24) is 10.2 Å². The van der Waals surface area contributed by atoms with Crippen molar-refractivity contribution >= 4 is 17.7 Å². The molecule has 2 rings (SSSR count). The Bertz CT molecular complexity index is 524. The lowest BCUT2D eigenvalue weighted by atomic mass is 10.2.